The molecule has 1 saturated heterocycles. The Morgan fingerprint density at radius 2 is 1.56 bits per heavy atom. The van der Waals surface area contributed by atoms with Crippen LogP contribution in [0.1, 0.15) is 57.9 Å². The largest absolute Gasteiger partial charge is 0.395 e. The van der Waals surface area contributed by atoms with Gasteiger partial charge in [0.1, 0.15) is 19.3 Å². The standard InChI is InChI=1S/C28H41ClN4O7.ClH/c1-28(2,18-36)27(40)32(21-6-4-3-5-7-21)22-12-13-31(15-22)30-26(39)23(14-19-8-10-20(29)11-9-19)33(24(37)16-34)25(38)17-35;/h8-11,21-23,34-36H,3-7,12-18H2,1-2H3,(H,30,39);1H/t22-,23+;/m0./s1. The number of hydrogen-bond donors (Lipinski definition) is 4. The van der Waals surface area contributed by atoms with E-state index in [9.17, 15) is 34.5 Å². The van der Waals surface area contributed by atoms with E-state index in [1.54, 1.807) is 43.1 Å². The van der Waals surface area contributed by atoms with Crippen LogP contribution in [0.25, 0.3) is 0 Å². The summed E-state index contributed by atoms with van der Waals surface area (Å²) in [5.41, 5.74) is 2.48. The van der Waals surface area contributed by atoms with Gasteiger partial charge in [-0.1, -0.05) is 43.0 Å². The SMILES string of the molecule is CC(C)(CO)C(=O)N(C1CCCCC1)[C@H]1CCN(NC(=O)[C@@H](Cc2ccc(Cl)cc2)N(C(=O)CO)C(=O)CO)C1.Cl. The maximum Gasteiger partial charge on any atom is 0.257 e. The highest BCUT2D eigenvalue weighted by atomic mass is 35.5. The summed E-state index contributed by atoms with van der Waals surface area (Å²) >= 11 is 5.97. The van der Waals surface area contributed by atoms with Gasteiger partial charge in [0.25, 0.3) is 17.7 Å². The molecular weight excluding hydrogens is 575 g/mol. The number of aliphatic hydroxyl groups excluding tert-OH is 3. The molecule has 2 aliphatic rings. The van der Waals surface area contributed by atoms with Gasteiger partial charge >= 0.3 is 0 Å². The van der Waals surface area contributed by atoms with Gasteiger partial charge in [0.15, 0.2) is 0 Å². The molecule has 0 unspecified atom stereocenters. The lowest BCUT2D eigenvalue weighted by Crippen LogP contribution is -2.58. The van der Waals surface area contributed by atoms with Gasteiger partial charge < -0.3 is 20.2 Å². The lowest BCUT2D eigenvalue weighted by Gasteiger charge is -2.42. The third-order valence-corrected chi connectivity index (χ3v) is 8.02. The van der Waals surface area contributed by atoms with Crippen LogP contribution in [-0.4, -0.2) is 105 Å². The van der Waals surface area contributed by atoms with Crippen LogP contribution in [0.2, 0.25) is 5.02 Å². The second-order valence-electron chi connectivity index (χ2n) is 11.2. The Kier molecular flexibility index (Phi) is 13.5. The second kappa shape index (κ2) is 15.8. The first-order valence-electron chi connectivity index (χ1n) is 13.8. The van der Waals surface area contributed by atoms with E-state index < -0.39 is 42.4 Å². The number of amides is 4. The molecule has 1 heterocycles. The summed E-state index contributed by atoms with van der Waals surface area (Å²) in [5, 5.41) is 31.0. The molecule has 1 aliphatic heterocycles. The van der Waals surface area contributed by atoms with Crippen molar-refractivity contribution in [2.45, 2.75) is 76.9 Å². The van der Waals surface area contributed by atoms with Gasteiger partial charge in [0.05, 0.1) is 12.0 Å². The third kappa shape index (κ3) is 8.86. The first-order valence-corrected chi connectivity index (χ1v) is 14.2. The Morgan fingerprint density at radius 1 is 0.976 bits per heavy atom. The van der Waals surface area contributed by atoms with Crippen molar-refractivity contribution >= 4 is 47.6 Å². The number of benzene rings is 1. The number of aliphatic hydroxyl groups is 3. The quantitative estimate of drug-likeness (QED) is 0.290. The Hall–Kier alpha value is -2.28. The Bertz CT molecular complexity index is 1030. The molecule has 0 aromatic heterocycles. The molecule has 2 fully saturated rings. The summed E-state index contributed by atoms with van der Waals surface area (Å²) in [6.45, 7) is 1.93. The highest BCUT2D eigenvalue weighted by Crippen LogP contribution is 2.31. The van der Waals surface area contributed by atoms with E-state index in [4.69, 9.17) is 11.6 Å². The maximum atomic E-state index is 13.6. The van der Waals surface area contributed by atoms with Crippen LogP contribution in [-0.2, 0) is 25.6 Å². The van der Waals surface area contributed by atoms with Crippen molar-refractivity contribution in [2.24, 2.45) is 5.41 Å². The molecule has 4 N–H and O–H groups in total. The van der Waals surface area contributed by atoms with E-state index in [-0.39, 0.29) is 43.4 Å². The Balaban J connectivity index is 0.00000588. The molecule has 2 atom stereocenters. The zero-order valence-corrected chi connectivity index (χ0v) is 25.2. The predicted octanol–water partition coefficient (Wildman–Crippen LogP) is 1.30. The molecule has 1 saturated carbocycles. The molecule has 11 nitrogen and oxygen atoms in total. The molecule has 1 aromatic carbocycles. The maximum absolute atomic E-state index is 13.6. The van der Waals surface area contributed by atoms with Gasteiger partial charge in [-0.15, -0.1) is 12.4 Å². The molecule has 3 rings (SSSR count). The van der Waals surface area contributed by atoms with E-state index in [0.29, 0.717) is 35.0 Å². The lowest BCUT2D eigenvalue weighted by atomic mass is 9.87. The van der Waals surface area contributed by atoms with Crippen molar-refractivity contribution in [3.8, 4) is 0 Å². The highest BCUT2D eigenvalue weighted by molar-refractivity contribution is 6.30. The van der Waals surface area contributed by atoms with Crippen LogP contribution < -0.4 is 5.43 Å². The van der Waals surface area contributed by atoms with Crippen LogP contribution in [0, 0.1) is 5.41 Å². The fourth-order valence-electron chi connectivity index (χ4n) is 5.49. The molecule has 230 valence electrons. The van der Waals surface area contributed by atoms with Crippen molar-refractivity contribution < 1.29 is 34.5 Å². The van der Waals surface area contributed by atoms with Crippen LogP contribution in [0.5, 0.6) is 0 Å². The van der Waals surface area contributed by atoms with Crippen molar-refractivity contribution in [1.82, 2.24) is 20.2 Å². The summed E-state index contributed by atoms with van der Waals surface area (Å²) in [6.07, 6.45) is 5.50. The predicted molar refractivity (Wildman–Crippen MR) is 155 cm³/mol. The first kappa shape index (κ1) is 34.9. The summed E-state index contributed by atoms with van der Waals surface area (Å²) < 4.78 is 0. The zero-order valence-electron chi connectivity index (χ0n) is 23.6. The van der Waals surface area contributed by atoms with Crippen LogP contribution in [0.4, 0.5) is 0 Å². The minimum Gasteiger partial charge on any atom is -0.395 e. The van der Waals surface area contributed by atoms with E-state index in [1.165, 1.54) is 0 Å². The molecule has 13 heteroatoms. The van der Waals surface area contributed by atoms with Crippen LogP contribution in [0.3, 0.4) is 0 Å². The average molecular weight is 618 g/mol. The average Bonchev–Trinajstić information content (AvgIpc) is 3.41. The highest BCUT2D eigenvalue weighted by Gasteiger charge is 2.42. The smallest absolute Gasteiger partial charge is 0.257 e. The molecular formula is C28H42Cl2N4O7. The Morgan fingerprint density at radius 3 is 2.10 bits per heavy atom. The summed E-state index contributed by atoms with van der Waals surface area (Å²) in [5.74, 6) is -2.79. The van der Waals surface area contributed by atoms with E-state index in [0.717, 1.165) is 32.1 Å². The van der Waals surface area contributed by atoms with Crippen molar-refractivity contribution in [3.63, 3.8) is 0 Å². The van der Waals surface area contributed by atoms with Gasteiger partial charge in [0, 0.05) is 36.6 Å². The van der Waals surface area contributed by atoms with Crippen molar-refractivity contribution in [2.75, 3.05) is 32.9 Å². The molecule has 1 aromatic rings. The number of nitrogens with one attached hydrogen (secondary N) is 1. The van der Waals surface area contributed by atoms with Crippen LogP contribution >= 0.6 is 24.0 Å². The number of halogens is 2. The van der Waals surface area contributed by atoms with Gasteiger partial charge in [-0.3, -0.25) is 29.5 Å². The number of nitrogens with zero attached hydrogens (tertiary/aromatic N) is 3. The number of hydrogen-bond acceptors (Lipinski definition) is 8. The zero-order chi connectivity index (χ0) is 29.4. The number of hydrazine groups is 1. The van der Waals surface area contributed by atoms with E-state index in [1.807, 2.05) is 4.90 Å². The molecule has 0 bridgehead atoms. The molecule has 4 amide bonds. The minimum absolute atomic E-state index is 0. The van der Waals surface area contributed by atoms with Gasteiger partial charge in [-0.2, -0.15) is 0 Å². The molecule has 41 heavy (non-hydrogen) atoms. The van der Waals surface area contributed by atoms with Crippen LogP contribution in [0.15, 0.2) is 24.3 Å². The summed E-state index contributed by atoms with van der Waals surface area (Å²) in [6, 6.07) is 5.09. The summed E-state index contributed by atoms with van der Waals surface area (Å²) in [7, 11) is 0. The fraction of sp³-hybridized carbons (Fsp3) is 0.643. The number of carbonyl (C=O) groups is 4. The normalized spacial score (nSPS) is 18.7. The molecule has 0 radical (unpaired) electrons. The van der Waals surface area contributed by atoms with Gasteiger partial charge in [0.2, 0.25) is 5.91 Å². The lowest BCUT2D eigenvalue weighted by molar-refractivity contribution is -0.156. The van der Waals surface area contributed by atoms with E-state index in [2.05, 4.69) is 5.43 Å². The number of carbonyl (C=O) groups excluding carboxylic acids is 4. The van der Waals surface area contributed by atoms with Crippen molar-refractivity contribution in [3.05, 3.63) is 34.9 Å². The summed E-state index contributed by atoms with van der Waals surface area (Å²) in [4.78, 5) is 54.7. The first-order chi connectivity index (χ1) is 19.0. The molecule has 1 aliphatic carbocycles. The van der Waals surface area contributed by atoms with Gasteiger partial charge in [-0.05, 0) is 50.8 Å². The third-order valence-electron chi connectivity index (χ3n) is 7.77. The number of rotatable bonds is 11. The van der Waals surface area contributed by atoms with Crippen molar-refractivity contribution in [1.29, 1.82) is 0 Å². The number of imide groups is 1. The van der Waals surface area contributed by atoms with Gasteiger partial charge in [-0.25, -0.2) is 5.01 Å². The Labute approximate surface area is 252 Å². The fourth-order valence-corrected chi connectivity index (χ4v) is 5.62. The van der Waals surface area contributed by atoms with E-state index >= 15 is 0 Å². The minimum atomic E-state index is -1.34. The second-order valence-corrected chi connectivity index (χ2v) is 11.7. The monoisotopic (exact) mass is 616 g/mol. The topological polar surface area (TPSA) is 151 Å². The molecule has 0 spiro atoms.